The van der Waals surface area contributed by atoms with Crippen molar-refractivity contribution in [3.63, 3.8) is 0 Å². The summed E-state index contributed by atoms with van der Waals surface area (Å²) in [4.78, 5) is 10.5. The maximum atomic E-state index is 4.81. The summed E-state index contributed by atoms with van der Waals surface area (Å²) in [5, 5.41) is 0. The molecular formula is C19H17N3. The highest BCUT2D eigenvalue weighted by Crippen LogP contribution is 2.27. The van der Waals surface area contributed by atoms with E-state index in [4.69, 9.17) is 4.99 Å². The van der Waals surface area contributed by atoms with Gasteiger partial charge in [0.1, 0.15) is 12.5 Å². The third kappa shape index (κ3) is 2.31. The SMILES string of the molecule is c1ccc(CN2CN=C(c3ccccc3)c3cc[nH]c32)cc1. The number of rotatable bonds is 3. The molecule has 0 radical (unpaired) electrons. The van der Waals surface area contributed by atoms with Crippen molar-refractivity contribution in [1.29, 1.82) is 0 Å². The van der Waals surface area contributed by atoms with Gasteiger partial charge < -0.3 is 9.88 Å². The molecule has 3 aromatic rings. The van der Waals surface area contributed by atoms with Crippen molar-refractivity contribution in [3.8, 4) is 0 Å². The lowest BCUT2D eigenvalue weighted by molar-refractivity contribution is 0.790. The molecule has 0 atom stereocenters. The van der Waals surface area contributed by atoms with E-state index in [9.17, 15) is 0 Å². The molecule has 0 bridgehead atoms. The molecule has 0 spiro atoms. The predicted molar refractivity (Wildman–Crippen MR) is 90.4 cm³/mol. The molecule has 3 heteroatoms. The van der Waals surface area contributed by atoms with Crippen LogP contribution in [0.4, 0.5) is 5.82 Å². The van der Waals surface area contributed by atoms with Crippen molar-refractivity contribution in [1.82, 2.24) is 4.98 Å². The highest BCUT2D eigenvalue weighted by molar-refractivity contribution is 6.16. The molecule has 1 N–H and O–H groups in total. The topological polar surface area (TPSA) is 31.4 Å². The lowest BCUT2D eigenvalue weighted by Gasteiger charge is -2.27. The van der Waals surface area contributed by atoms with Crippen LogP contribution in [0.25, 0.3) is 0 Å². The molecule has 108 valence electrons. The lowest BCUT2D eigenvalue weighted by atomic mass is 10.0. The van der Waals surface area contributed by atoms with Gasteiger partial charge >= 0.3 is 0 Å². The average molecular weight is 287 g/mol. The predicted octanol–water partition coefficient (Wildman–Crippen LogP) is 3.83. The molecule has 0 unspecified atom stereocenters. The van der Waals surface area contributed by atoms with Crippen LogP contribution in [0.3, 0.4) is 0 Å². The van der Waals surface area contributed by atoms with Gasteiger partial charge in [0.05, 0.1) is 5.71 Å². The van der Waals surface area contributed by atoms with Crippen LogP contribution in [0.1, 0.15) is 16.7 Å². The molecule has 0 saturated heterocycles. The Labute approximate surface area is 129 Å². The second-order valence-electron chi connectivity index (χ2n) is 5.44. The maximum absolute atomic E-state index is 4.81. The van der Waals surface area contributed by atoms with Crippen molar-refractivity contribution in [2.45, 2.75) is 6.54 Å². The summed E-state index contributed by atoms with van der Waals surface area (Å²) in [5.41, 5.74) is 4.71. The summed E-state index contributed by atoms with van der Waals surface area (Å²) < 4.78 is 0. The summed E-state index contributed by atoms with van der Waals surface area (Å²) in [6.07, 6.45) is 1.99. The van der Waals surface area contributed by atoms with Gasteiger partial charge in [-0.05, 0) is 11.6 Å². The number of anilines is 1. The number of benzene rings is 2. The summed E-state index contributed by atoms with van der Waals surface area (Å²) >= 11 is 0. The Kier molecular flexibility index (Phi) is 3.24. The first-order valence-electron chi connectivity index (χ1n) is 7.48. The first-order valence-corrected chi connectivity index (χ1v) is 7.48. The van der Waals surface area contributed by atoms with E-state index >= 15 is 0 Å². The summed E-state index contributed by atoms with van der Waals surface area (Å²) in [5.74, 6) is 1.15. The van der Waals surface area contributed by atoms with Crippen LogP contribution < -0.4 is 4.90 Å². The van der Waals surface area contributed by atoms with Gasteiger partial charge in [-0.15, -0.1) is 0 Å². The molecule has 1 aliphatic heterocycles. The highest BCUT2D eigenvalue weighted by Gasteiger charge is 2.22. The third-order valence-electron chi connectivity index (χ3n) is 3.96. The summed E-state index contributed by atoms with van der Waals surface area (Å²) in [6.45, 7) is 1.53. The number of hydrogen-bond acceptors (Lipinski definition) is 2. The van der Waals surface area contributed by atoms with E-state index in [-0.39, 0.29) is 0 Å². The number of hydrogen-bond donors (Lipinski definition) is 1. The van der Waals surface area contributed by atoms with Crippen LogP contribution in [-0.4, -0.2) is 17.4 Å². The van der Waals surface area contributed by atoms with Gasteiger partial charge in [0, 0.05) is 23.9 Å². The zero-order valence-electron chi connectivity index (χ0n) is 12.2. The molecule has 0 saturated carbocycles. The number of nitrogens with one attached hydrogen (secondary N) is 1. The average Bonchev–Trinajstić information content (AvgIpc) is 3.07. The van der Waals surface area contributed by atoms with Crippen LogP contribution in [0.5, 0.6) is 0 Å². The zero-order chi connectivity index (χ0) is 14.8. The Morgan fingerprint density at radius 1 is 0.909 bits per heavy atom. The van der Waals surface area contributed by atoms with E-state index in [1.165, 1.54) is 16.7 Å². The molecular weight excluding hydrogens is 270 g/mol. The molecule has 4 rings (SSSR count). The number of aliphatic imine (C=N–C) groups is 1. The minimum absolute atomic E-state index is 0.673. The van der Waals surface area contributed by atoms with Crippen LogP contribution >= 0.6 is 0 Å². The van der Waals surface area contributed by atoms with Gasteiger partial charge in [0.25, 0.3) is 0 Å². The zero-order valence-corrected chi connectivity index (χ0v) is 12.2. The van der Waals surface area contributed by atoms with E-state index < -0.39 is 0 Å². The summed E-state index contributed by atoms with van der Waals surface area (Å²) in [6, 6.07) is 23.0. The van der Waals surface area contributed by atoms with Gasteiger partial charge in [0.2, 0.25) is 0 Å². The molecule has 0 aliphatic carbocycles. The highest BCUT2D eigenvalue weighted by atomic mass is 15.3. The van der Waals surface area contributed by atoms with Crippen molar-refractivity contribution < 1.29 is 0 Å². The molecule has 1 aliphatic rings. The Morgan fingerprint density at radius 3 is 2.41 bits per heavy atom. The van der Waals surface area contributed by atoms with Gasteiger partial charge in [-0.3, -0.25) is 4.99 Å². The second-order valence-corrected chi connectivity index (χ2v) is 5.44. The van der Waals surface area contributed by atoms with E-state index in [0.717, 1.165) is 18.1 Å². The summed E-state index contributed by atoms with van der Waals surface area (Å²) in [7, 11) is 0. The van der Waals surface area contributed by atoms with Gasteiger partial charge in [-0.1, -0.05) is 60.7 Å². The fraction of sp³-hybridized carbons (Fsp3) is 0.105. The van der Waals surface area contributed by atoms with Gasteiger partial charge in [-0.2, -0.15) is 0 Å². The minimum Gasteiger partial charge on any atom is -0.348 e. The number of aromatic amines is 1. The van der Waals surface area contributed by atoms with Crippen molar-refractivity contribution in [2.24, 2.45) is 4.99 Å². The first kappa shape index (κ1) is 12.9. The Balaban J connectivity index is 1.67. The Bertz CT molecular complexity index is 788. The number of fused-ring (bicyclic) bond motifs is 1. The third-order valence-corrected chi connectivity index (χ3v) is 3.96. The number of aromatic nitrogens is 1. The monoisotopic (exact) mass is 287 g/mol. The van der Waals surface area contributed by atoms with E-state index in [1.54, 1.807) is 0 Å². The van der Waals surface area contributed by atoms with Gasteiger partial charge in [-0.25, -0.2) is 0 Å². The van der Waals surface area contributed by atoms with Crippen molar-refractivity contribution in [2.75, 3.05) is 11.6 Å². The number of H-pyrrole nitrogens is 1. The quantitative estimate of drug-likeness (QED) is 0.780. The first-order chi connectivity index (χ1) is 10.9. The molecule has 22 heavy (non-hydrogen) atoms. The molecule has 0 amide bonds. The van der Waals surface area contributed by atoms with Crippen molar-refractivity contribution in [3.05, 3.63) is 89.6 Å². The second kappa shape index (κ2) is 5.53. The van der Waals surface area contributed by atoms with E-state index in [2.05, 4.69) is 64.5 Å². The maximum Gasteiger partial charge on any atom is 0.117 e. The fourth-order valence-corrected chi connectivity index (χ4v) is 2.90. The van der Waals surface area contributed by atoms with Crippen LogP contribution in [0.15, 0.2) is 77.9 Å². The van der Waals surface area contributed by atoms with Crippen molar-refractivity contribution >= 4 is 11.5 Å². The normalized spacial score (nSPS) is 13.6. The minimum atomic E-state index is 0.673. The Morgan fingerprint density at radius 2 is 1.64 bits per heavy atom. The van der Waals surface area contributed by atoms with Crippen LogP contribution in [-0.2, 0) is 6.54 Å². The van der Waals surface area contributed by atoms with E-state index in [1.807, 2.05) is 18.3 Å². The number of nitrogens with zero attached hydrogens (tertiary/aromatic N) is 2. The molecule has 1 aromatic heterocycles. The molecule has 2 heterocycles. The largest absolute Gasteiger partial charge is 0.348 e. The van der Waals surface area contributed by atoms with E-state index in [0.29, 0.717) is 6.67 Å². The lowest BCUT2D eigenvalue weighted by Crippen LogP contribution is -2.29. The molecule has 0 fully saturated rings. The fourth-order valence-electron chi connectivity index (χ4n) is 2.90. The Hall–Kier alpha value is -2.81. The van der Waals surface area contributed by atoms with Crippen LogP contribution in [0, 0.1) is 0 Å². The smallest absolute Gasteiger partial charge is 0.117 e. The standard InChI is InChI=1S/C19H17N3/c1-3-7-15(8-4-1)13-22-14-21-18(16-9-5-2-6-10-16)17-11-12-20-19(17)22/h1-12,20H,13-14H2. The van der Waals surface area contributed by atoms with Crippen LogP contribution in [0.2, 0.25) is 0 Å². The molecule has 3 nitrogen and oxygen atoms in total. The molecule has 2 aromatic carbocycles. The van der Waals surface area contributed by atoms with Gasteiger partial charge in [0.15, 0.2) is 0 Å².